The third kappa shape index (κ3) is 7.77. The predicted molar refractivity (Wildman–Crippen MR) is 119 cm³/mol. The Kier molecular flexibility index (Phi) is 8.70. The van der Waals surface area contributed by atoms with Crippen LogP contribution in [0.5, 0.6) is 0 Å². The van der Waals surface area contributed by atoms with Gasteiger partial charge in [-0.15, -0.1) is 0 Å². The molecular formula is C22H34N6O2. The maximum absolute atomic E-state index is 12.2. The first-order chi connectivity index (χ1) is 14.3. The van der Waals surface area contributed by atoms with E-state index in [-0.39, 0.29) is 6.09 Å². The molecule has 2 aromatic rings. The molecule has 0 bridgehead atoms. The Morgan fingerprint density at radius 1 is 1.20 bits per heavy atom. The SMILES string of the molecule is CCN(CCNC(=NC)NCc1ccccc1Cn1cccn1)C(=O)OC(C)(C)C. The van der Waals surface area contributed by atoms with E-state index >= 15 is 0 Å². The van der Waals surface area contributed by atoms with E-state index in [1.165, 1.54) is 11.1 Å². The molecule has 1 amide bonds. The van der Waals surface area contributed by atoms with Crippen molar-refractivity contribution in [3.63, 3.8) is 0 Å². The molecule has 1 heterocycles. The van der Waals surface area contributed by atoms with Crippen LogP contribution in [0.15, 0.2) is 47.7 Å². The average Bonchev–Trinajstić information content (AvgIpc) is 3.20. The van der Waals surface area contributed by atoms with Gasteiger partial charge in [-0.05, 0) is 44.9 Å². The first-order valence-corrected chi connectivity index (χ1v) is 10.3. The van der Waals surface area contributed by atoms with Gasteiger partial charge in [0.25, 0.3) is 0 Å². The number of likely N-dealkylation sites (N-methyl/N-ethyl adjacent to an activating group) is 1. The van der Waals surface area contributed by atoms with Crippen LogP contribution >= 0.6 is 0 Å². The number of amides is 1. The summed E-state index contributed by atoms with van der Waals surface area (Å²) in [4.78, 5) is 18.2. The largest absolute Gasteiger partial charge is 0.444 e. The zero-order valence-electron chi connectivity index (χ0n) is 18.7. The molecule has 0 atom stereocenters. The Labute approximate surface area is 179 Å². The van der Waals surface area contributed by atoms with Crippen molar-refractivity contribution < 1.29 is 9.53 Å². The summed E-state index contributed by atoms with van der Waals surface area (Å²) in [6.45, 7) is 10.6. The van der Waals surface area contributed by atoms with E-state index in [1.54, 1.807) is 18.1 Å². The summed E-state index contributed by atoms with van der Waals surface area (Å²) < 4.78 is 7.35. The van der Waals surface area contributed by atoms with Gasteiger partial charge in [0.15, 0.2) is 5.96 Å². The number of aliphatic imine (C=N–C) groups is 1. The van der Waals surface area contributed by atoms with Crippen LogP contribution in [0.1, 0.15) is 38.8 Å². The first-order valence-electron chi connectivity index (χ1n) is 10.3. The average molecular weight is 415 g/mol. The van der Waals surface area contributed by atoms with Crippen LogP contribution in [-0.4, -0.2) is 59.0 Å². The minimum Gasteiger partial charge on any atom is -0.444 e. The van der Waals surface area contributed by atoms with Crippen LogP contribution in [0.25, 0.3) is 0 Å². The smallest absolute Gasteiger partial charge is 0.410 e. The quantitative estimate of drug-likeness (QED) is 0.513. The van der Waals surface area contributed by atoms with Crippen LogP contribution in [-0.2, 0) is 17.8 Å². The number of ether oxygens (including phenoxy) is 1. The summed E-state index contributed by atoms with van der Waals surface area (Å²) in [7, 11) is 1.73. The minimum absolute atomic E-state index is 0.303. The molecule has 164 valence electrons. The zero-order valence-corrected chi connectivity index (χ0v) is 18.7. The Morgan fingerprint density at radius 2 is 1.93 bits per heavy atom. The van der Waals surface area contributed by atoms with Gasteiger partial charge in [0.1, 0.15) is 5.60 Å². The number of guanidine groups is 1. The number of carbonyl (C=O) groups excluding carboxylic acids is 1. The molecule has 2 rings (SSSR count). The zero-order chi connectivity index (χ0) is 22.0. The molecule has 0 unspecified atom stereocenters. The lowest BCUT2D eigenvalue weighted by atomic mass is 10.1. The second-order valence-corrected chi connectivity index (χ2v) is 7.88. The lowest BCUT2D eigenvalue weighted by molar-refractivity contribution is 0.0264. The predicted octanol–water partition coefficient (Wildman–Crippen LogP) is 2.85. The third-order valence-electron chi connectivity index (χ3n) is 4.39. The van der Waals surface area contributed by atoms with Crippen molar-refractivity contribution in [2.45, 2.75) is 46.4 Å². The monoisotopic (exact) mass is 414 g/mol. The van der Waals surface area contributed by atoms with E-state index in [1.807, 2.05) is 56.8 Å². The highest BCUT2D eigenvalue weighted by Gasteiger charge is 2.20. The molecule has 30 heavy (non-hydrogen) atoms. The van der Waals surface area contributed by atoms with E-state index in [9.17, 15) is 4.79 Å². The van der Waals surface area contributed by atoms with Crippen molar-refractivity contribution in [1.29, 1.82) is 0 Å². The number of aromatic nitrogens is 2. The van der Waals surface area contributed by atoms with Crippen molar-refractivity contribution in [3.05, 3.63) is 53.9 Å². The Bertz CT molecular complexity index is 811. The van der Waals surface area contributed by atoms with Gasteiger partial charge in [0.05, 0.1) is 6.54 Å². The second-order valence-electron chi connectivity index (χ2n) is 7.88. The molecule has 1 aromatic heterocycles. The Balaban J connectivity index is 1.85. The van der Waals surface area contributed by atoms with Crippen LogP contribution < -0.4 is 10.6 Å². The summed E-state index contributed by atoms with van der Waals surface area (Å²) in [6, 6.07) is 10.2. The number of benzene rings is 1. The number of hydrogen-bond acceptors (Lipinski definition) is 4. The molecule has 0 saturated carbocycles. The lowest BCUT2D eigenvalue weighted by Gasteiger charge is -2.26. The highest BCUT2D eigenvalue weighted by atomic mass is 16.6. The van der Waals surface area contributed by atoms with Crippen molar-refractivity contribution in [2.75, 3.05) is 26.7 Å². The highest BCUT2D eigenvalue weighted by Crippen LogP contribution is 2.11. The molecule has 0 saturated heterocycles. The number of rotatable bonds is 8. The van der Waals surface area contributed by atoms with E-state index < -0.39 is 5.60 Å². The van der Waals surface area contributed by atoms with E-state index in [0.717, 1.165) is 6.54 Å². The summed E-state index contributed by atoms with van der Waals surface area (Å²) in [5.41, 5.74) is 1.88. The van der Waals surface area contributed by atoms with Gasteiger partial charge in [0.2, 0.25) is 0 Å². The third-order valence-corrected chi connectivity index (χ3v) is 4.39. The molecular weight excluding hydrogens is 380 g/mol. The fourth-order valence-corrected chi connectivity index (χ4v) is 2.87. The van der Waals surface area contributed by atoms with Crippen LogP contribution in [0.2, 0.25) is 0 Å². The van der Waals surface area contributed by atoms with Crippen molar-refractivity contribution in [1.82, 2.24) is 25.3 Å². The molecule has 0 spiro atoms. The summed E-state index contributed by atoms with van der Waals surface area (Å²) in [5, 5.41) is 10.9. The highest BCUT2D eigenvalue weighted by molar-refractivity contribution is 5.79. The molecule has 1 aromatic carbocycles. The first kappa shape index (κ1) is 23.3. The summed E-state index contributed by atoms with van der Waals surface area (Å²) in [5.74, 6) is 0.684. The van der Waals surface area contributed by atoms with Gasteiger partial charge < -0.3 is 20.3 Å². The Morgan fingerprint density at radius 3 is 2.53 bits per heavy atom. The van der Waals surface area contributed by atoms with Gasteiger partial charge >= 0.3 is 6.09 Å². The standard InChI is InChI=1S/C22H34N6O2/c1-6-27(21(29)30-22(2,3)4)15-13-24-20(23-5)25-16-18-10-7-8-11-19(18)17-28-14-9-12-26-28/h7-12,14H,6,13,15-17H2,1-5H3,(H2,23,24,25). The van der Waals surface area contributed by atoms with Crippen LogP contribution in [0.3, 0.4) is 0 Å². The lowest BCUT2D eigenvalue weighted by Crippen LogP contribution is -2.44. The van der Waals surface area contributed by atoms with Crippen molar-refractivity contribution in [2.24, 2.45) is 4.99 Å². The van der Waals surface area contributed by atoms with Gasteiger partial charge in [-0.1, -0.05) is 24.3 Å². The molecule has 0 radical (unpaired) electrons. The molecule has 8 nitrogen and oxygen atoms in total. The fraction of sp³-hybridized carbons (Fsp3) is 0.500. The van der Waals surface area contributed by atoms with E-state index in [4.69, 9.17) is 4.74 Å². The summed E-state index contributed by atoms with van der Waals surface area (Å²) in [6.07, 6.45) is 3.43. The van der Waals surface area contributed by atoms with Gasteiger partial charge in [-0.25, -0.2) is 4.79 Å². The van der Waals surface area contributed by atoms with E-state index in [0.29, 0.717) is 32.1 Å². The van der Waals surface area contributed by atoms with Crippen LogP contribution in [0.4, 0.5) is 4.79 Å². The molecule has 0 aliphatic heterocycles. The van der Waals surface area contributed by atoms with Gasteiger partial charge in [-0.3, -0.25) is 9.67 Å². The fourth-order valence-electron chi connectivity index (χ4n) is 2.87. The van der Waals surface area contributed by atoms with Gasteiger partial charge in [-0.2, -0.15) is 5.10 Å². The number of carbonyl (C=O) groups is 1. The van der Waals surface area contributed by atoms with Crippen LogP contribution in [0, 0.1) is 0 Å². The number of nitrogens with one attached hydrogen (secondary N) is 2. The summed E-state index contributed by atoms with van der Waals surface area (Å²) >= 11 is 0. The molecule has 2 N–H and O–H groups in total. The molecule has 0 aliphatic carbocycles. The minimum atomic E-state index is -0.501. The van der Waals surface area contributed by atoms with E-state index in [2.05, 4.69) is 32.9 Å². The molecule has 8 heteroatoms. The normalized spacial score (nSPS) is 11.8. The molecule has 0 aliphatic rings. The Hall–Kier alpha value is -3.03. The topological polar surface area (TPSA) is 83.8 Å². The number of hydrogen-bond donors (Lipinski definition) is 2. The maximum Gasteiger partial charge on any atom is 0.410 e. The van der Waals surface area contributed by atoms with Crippen molar-refractivity contribution in [3.8, 4) is 0 Å². The van der Waals surface area contributed by atoms with Gasteiger partial charge in [0, 0.05) is 45.6 Å². The second kappa shape index (κ2) is 11.2. The molecule has 0 fully saturated rings. The maximum atomic E-state index is 12.2. The van der Waals surface area contributed by atoms with Crippen molar-refractivity contribution >= 4 is 12.1 Å². The number of nitrogens with zero attached hydrogens (tertiary/aromatic N) is 4.